The van der Waals surface area contributed by atoms with Gasteiger partial charge in [0.2, 0.25) is 0 Å². The van der Waals surface area contributed by atoms with Crippen molar-refractivity contribution in [1.82, 2.24) is 0 Å². The Morgan fingerprint density at radius 3 is 2.33 bits per heavy atom. The summed E-state index contributed by atoms with van der Waals surface area (Å²) in [5.41, 5.74) is 3.67. The van der Waals surface area contributed by atoms with Crippen LogP contribution in [0.2, 0.25) is 0 Å². The lowest BCUT2D eigenvalue weighted by Crippen LogP contribution is -2.12. The third-order valence-corrected chi connectivity index (χ3v) is 3.10. The topological polar surface area (TPSA) is 35.5 Å². The quantitative estimate of drug-likeness (QED) is 0.604. The number of rotatable bonds is 4. The van der Waals surface area contributed by atoms with Crippen LogP contribution < -0.4 is 4.74 Å². The first kappa shape index (κ1) is 14.9. The molecule has 0 aliphatic rings. The van der Waals surface area contributed by atoms with Crippen molar-refractivity contribution in [2.45, 2.75) is 20.5 Å². The van der Waals surface area contributed by atoms with Gasteiger partial charge in [-0.2, -0.15) is 0 Å². The van der Waals surface area contributed by atoms with E-state index in [1.165, 1.54) is 0 Å². The maximum Gasteiger partial charge on any atom is 0.514 e. The summed E-state index contributed by atoms with van der Waals surface area (Å²) < 4.78 is 10.4. The highest BCUT2D eigenvalue weighted by Crippen LogP contribution is 2.25. The number of carbonyl (C=O) groups excluding carboxylic acids is 1. The van der Waals surface area contributed by atoms with Crippen LogP contribution >= 0.6 is 0 Å². The van der Waals surface area contributed by atoms with Gasteiger partial charge in [-0.25, -0.2) is 4.79 Å². The van der Waals surface area contributed by atoms with Crippen molar-refractivity contribution >= 4 is 12.2 Å². The smallest absolute Gasteiger partial charge is 0.429 e. The van der Waals surface area contributed by atoms with Crippen molar-refractivity contribution in [2.24, 2.45) is 0 Å². The Bertz CT molecular complexity index is 622. The van der Waals surface area contributed by atoms with Crippen molar-refractivity contribution in [3.05, 3.63) is 71.3 Å². The Kier molecular flexibility index (Phi) is 4.77. The van der Waals surface area contributed by atoms with Gasteiger partial charge in [0.05, 0.1) is 0 Å². The zero-order chi connectivity index (χ0) is 15.2. The number of ether oxygens (including phenoxy) is 2. The molecule has 0 saturated carbocycles. The monoisotopic (exact) mass is 282 g/mol. The fourth-order valence-corrected chi connectivity index (χ4v) is 2.09. The molecule has 3 nitrogen and oxygen atoms in total. The summed E-state index contributed by atoms with van der Waals surface area (Å²) in [6.07, 6.45) is 1.06. The summed E-state index contributed by atoms with van der Waals surface area (Å²) in [5.74, 6) is 0.540. The van der Waals surface area contributed by atoms with Gasteiger partial charge in [-0.3, -0.25) is 0 Å². The van der Waals surface area contributed by atoms with E-state index in [0.717, 1.165) is 22.3 Å². The van der Waals surface area contributed by atoms with Crippen LogP contribution in [-0.4, -0.2) is 6.16 Å². The Morgan fingerprint density at radius 1 is 1.14 bits per heavy atom. The molecule has 0 saturated heterocycles. The summed E-state index contributed by atoms with van der Waals surface area (Å²) >= 11 is 0. The first-order chi connectivity index (χ1) is 10.1. The molecule has 0 aliphatic heterocycles. The van der Waals surface area contributed by atoms with Crippen LogP contribution in [0.4, 0.5) is 4.79 Å². The molecule has 108 valence electrons. The molecule has 21 heavy (non-hydrogen) atoms. The van der Waals surface area contributed by atoms with Crippen molar-refractivity contribution in [2.75, 3.05) is 0 Å². The minimum Gasteiger partial charge on any atom is -0.429 e. The summed E-state index contributed by atoms with van der Waals surface area (Å²) in [4.78, 5) is 11.8. The van der Waals surface area contributed by atoms with Gasteiger partial charge in [0.15, 0.2) is 0 Å². The Balaban J connectivity index is 2.01. The number of hydrogen-bond acceptors (Lipinski definition) is 3. The third-order valence-electron chi connectivity index (χ3n) is 3.10. The molecule has 0 spiro atoms. The number of benzene rings is 2. The van der Waals surface area contributed by atoms with Crippen LogP contribution in [0.25, 0.3) is 6.08 Å². The second kappa shape index (κ2) is 6.75. The van der Waals surface area contributed by atoms with E-state index in [4.69, 9.17) is 9.47 Å². The average molecular weight is 282 g/mol. The SMILES string of the molecule is C=Cc1cc(C)c(OC(=O)OCc2ccccc2)c(C)c1. The summed E-state index contributed by atoms with van der Waals surface area (Å²) in [7, 11) is 0. The van der Waals surface area contributed by atoms with E-state index in [1.54, 1.807) is 6.08 Å². The van der Waals surface area contributed by atoms with Crippen LogP contribution in [0.1, 0.15) is 22.3 Å². The Labute approximate surface area is 124 Å². The molecular weight excluding hydrogens is 264 g/mol. The van der Waals surface area contributed by atoms with Gasteiger partial charge < -0.3 is 9.47 Å². The molecule has 0 bridgehead atoms. The van der Waals surface area contributed by atoms with Crippen LogP contribution in [0.3, 0.4) is 0 Å². The predicted octanol–water partition coefficient (Wildman–Crippen LogP) is 4.66. The fraction of sp³-hybridized carbons (Fsp3) is 0.167. The lowest BCUT2D eigenvalue weighted by Gasteiger charge is -2.11. The minimum atomic E-state index is -0.698. The molecule has 2 aromatic rings. The zero-order valence-electron chi connectivity index (χ0n) is 12.3. The molecule has 0 atom stereocenters. The van der Waals surface area contributed by atoms with Gasteiger partial charge in [0.1, 0.15) is 12.4 Å². The second-order valence-corrected chi connectivity index (χ2v) is 4.81. The molecule has 3 heteroatoms. The summed E-state index contributed by atoms with van der Waals surface area (Å²) in [5, 5.41) is 0. The minimum absolute atomic E-state index is 0.197. The van der Waals surface area contributed by atoms with Crippen LogP contribution in [0, 0.1) is 13.8 Å². The molecule has 0 amide bonds. The first-order valence-corrected chi connectivity index (χ1v) is 6.72. The molecule has 0 aromatic heterocycles. The average Bonchev–Trinajstić information content (AvgIpc) is 2.49. The molecule has 0 heterocycles. The van der Waals surface area contributed by atoms with E-state index in [2.05, 4.69) is 6.58 Å². The second-order valence-electron chi connectivity index (χ2n) is 4.81. The molecule has 0 radical (unpaired) electrons. The molecule has 0 N–H and O–H groups in total. The maximum atomic E-state index is 11.8. The standard InChI is InChI=1S/C18H18O3/c1-4-15-10-13(2)17(14(3)11-15)21-18(19)20-12-16-8-6-5-7-9-16/h4-11H,1,12H2,2-3H3. The largest absolute Gasteiger partial charge is 0.514 e. The number of hydrogen-bond donors (Lipinski definition) is 0. The lowest BCUT2D eigenvalue weighted by atomic mass is 10.1. The van der Waals surface area contributed by atoms with Crippen molar-refractivity contribution in [3.8, 4) is 5.75 Å². The van der Waals surface area contributed by atoms with Gasteiger partial charge in [-0.1, -0.05) is 43.0 Å². The van der Waals surface area contributed by atoms with E-state index < -0.39 is 6.16 Å². The van der Waals surface area contributed by atoms with Gasteiger partial charge in [0.25, 0.3) is 0 Å². The molecule has 2 rings (SSSR count). The Morgan fingerprint density at radius 2 is 1.76 bits per heavy atom. The molecule has 2 aromatic carbocycles. The number of aryl methyl sites for hydroxylation is 2. The van der Waals surface area contributed by atoms with Gasteiger partial charge in [-0.05, 0) is 48.2 Å². The maximum absolute atomic E-state index is 11.8. The fourth-order valence-electron chi connectivity index (χ4n) is 2.09. The van der Waals surface area contributed by atoms with Gasteiger partial charge in [-0.15, -0.1) is 0 Å². The first-order valence-electron chi connectivity index (χ1n) is 6.72. The molecule has 0 fully saturated rings. The highest BCUT2D eigenvalue weighted by Gasteiger charge is 2.12. The van der Waals surface area contributed by atoms with E-state index >= 15 is 0 Å². The summed E-state index contributed by atoms with van der Waals surface area (Å²) in [6.45, 7) is 7.71. The van der Waals surface area contributed by atoms with E-state index in [9.17, 15) is 4.79 Å². The zero-order valence-corrected chi connectivity index (χ0v) is 12.3. The van der Waals surface area contributed by atoms with Crippen LogP contribution in [-0.2, 0) is 11.3 Å². The van der Waals surface area contributed by atoms with Crippen molar-refractivity contribution < 1.29 is 14.3 Å². The summed E-state index contributed by atoms with van der Waals surface area (Å²) in [6, 6.07) is 13.3. The number of carbonyl (C=O) groups is 1. The third kappa shape index (κ3) is 3.96. The van der Waals surface area contributed by atoms with E-state index in [-0.39, 0.29) is 6.61 Å². The predicted molar refractivity (Wildman–Crippen MR) is 83.3 cm³/mol. The highest BCUT2D eigenvalue weighted by atomic mass is 16.7. The van der Waals surface area contributed by atoms with Gasteiger partial charge >= 0.3 is 6.16 Å². The van der Waals surface area contributed by atoms with Gasteiger partial charge in [0, 0.05) is 0 Å². The molecule has 0 aliphatic carbocycles. The van der Waals surface area contributed by atoms with E-state index in [0.29, 0.717) is 5.75 Å². The molecular formula is C18H18O3. The van der Waals surface area contributed by atoms with Crippen molar-refractivity contribution in [3.63, 3.8) is 0 Å². The van der Waals surface area contributed by atoms with Crippen LogP contribution in [0.15, 0.2) is 49.0 Å². The molecule has 0 unspecified atom stereocenters. The normalized spacial score (nSPS) is 10.0. The van der Waals surface area contributed by atoms with Crippen molar-refractivity contribution in [1.29, 1.82) is 0 Å². The Hall–Kier alpha value is -2.55. The highest BCUT2D eigenvalue weighted by molar-refractivity contribution is 5.66. The van der Waals surface area contributed by atoms with Crippen LogP contribution in [0.5, 0.6) is 5.75 Å². The van der Waals surface area contributed by atoms with E-state index in [1.807, 2.05) is 56.3 Å². The lowest BCUT2D eigenvalue weighted by molar-refractivity contribution is 0.0923.